The van der Waals surface area contributed by atoms with Gasteiger partial charge in [0, 0.05) is 6.54 Å². The summed E-state index contributed by atoms with van der Waals surface area (Å²) in [6.45, 7) is 2.64. The number of rotatable bonds is 2. The number of urea groups is 2. The maximum absolute atomic E-state index is 9.87. The third-order valence-corrected chi connectivity index (χ3v) is 0.549. The largest absolute Gasteiger partial charge is 0.466 e. The van der Waals surface area contributed by atoms with Gasteiger partial charge in [-0.05, 0) is 6.42 Å². The molecule has 0 aromatic rings. The Balaban J connectivity index is -0.000000166. The van der Waals surface area contributed by atoms with Crippen molar-refractivity contribution in [2.75, 3.05) is 6.54 Å². The third-order valence-electron chi connectivity index (χ3n) is 0.549. The lowest BCUT2D eigenvalue weighted by atomic mass is 10.5. The van der Waals surface area contributed by atoms with Crippen molar-refractivity contribution in [3.63, 3.8) is 0 Å². The maximum Gasteiger partial charge on any atom is 0.466 e. The molecule has 16 heavy (non-hydrogen) atoms. The van der Waals surface area contributed by atoms with Crippen molar-refractivity contribution in [1.29, 1.82) is 0 Å². The summed E-state index contributed by atoms with van der Waals surface area (Å²) in [5.41, 5.74) is 13.2. The summed E-state index contributed by atoms with van der Waals surface area (Å²) in [4.78, 5) is 40.4. The molecule has 0 aliphatic carbocycles. The summed E-state index contributed by atoms with van der Waals surface area (Å²) in [5.74, 6) is 0. The van der Waals surface area contributed by atoms with Gasteiger partial charge in [0.05, 0.1) is 0 Å². The molecule has 0 heterocycles. The summed E-state index contributed by atoms with van der Waals surface area (Å²) in [5, 5.41) is 2.43. The minimum Gasteiger partial charge on any atom is -0.352 e. The average molecular weight is 260 g/mol. The number of nitrogens with two attached hydrogens (primary N) is 3. The number of phosphoric acid groups is 1. The van der Waals surface area contributed by atoms with Crippen LogP contribution < -0.4 is 22.5 Å². The lowest BCUT2D eigenvalue weighted by Crippen LogP contribution is -2.29. The van der Waals surface area contributed by atoms with E-state index in [4.69, 9.17) is 29.8 Å². The van der Waals surface area contributed by atoms with Gasteiger partial charge in [-0.2, -0.15) is 0 Å². The molecule has 0 radical (unpaired) electrons. The van der Waals surface area contributed by atoms with Gasteiger partial charge in [0.1, 0.15) is 0 Å². The molecule has 0 aliphatic heterocycles. The van der Waals surface area contributed by atoms with Crippen LogP contribution in [-0.2, 0) is 4.57 Å². The Morgan fingerprint density at radius 2 is 1.44 bits per heavy atom. The normalized spacial score (nSPS) is 8.75. The Kier molecular flexibility index (Phi) is 14.7. The smallest absolute Gasteiger partial charge is 0.352 e. The molecule has 0 atom stereocenters. The van der Waals surface area contributed by atoms with Crippen molar-refractivity contribution in [2.24, 2.45) is 17.2 Å². The molecule has 0 saturated carbocycles. The number of hydrogen-bond donors (Lipinski definition) is 7. The first kappa shape index (κ1) is 20.1. The van der Waals surface area contributed by atoms with Gasteiger partial charge >= 0.3 is 19.9 Å². The van der Waals surface area contributed by atoms with E-state index in [9.17, 15) is 4.79 Å². The molecule has 0 spiro atoms. The molecule has 0 aromatic heterocycles. The zero-order valence-electron chi connectivity index (χ0n) is 8.66. The van der Waals surface area contributed by atoms with Crippen molar-refractivity contribution in [1.82, 2.24) is 5.32 Å². The highest BCUT2D eigenvalue weighted by atomic mass is 31.2. The molecular weight excluding hydrogens is 243 g/mol. The minimum atomic E-state index is -4.64. The third kappa shape index (κ3) is 244. The summed E-state index contributed by atoms with van der Waals surface area (Å²) in [7, 11) is -4.64. The average Bonchev–Trinajstić information content (AvgIpc) is 1.96. The Morgan fingerprint density at radius 1 is 1.19 bits per heavy atom. The quantitative estimate of drug-likeness (QED) is 0.284. The molecule has 0 fully saturated rings. The van der Waals surface area contributed by atoms with Crippen LogP contribution in [0.15, 0.2) is 0 Å². The highest BCUT2D eigenvalue weighted by molar-refractivity contribution is 7.45. The van der Waals surface area contributed by atoms with Crippen LogP contribution in [0.5, 0.6) is 0 Å². The zero-order chi connectivity index (χ0) is 13.8. The first-order valence-electron chi connectivity index (χ1n) is 3.87. The van der Waals surface area contributed by atoms with Crippen LogP contribution in [0.4, 0.5) is 9.59 Å². The van der Waals surface area contributed by atoms with E-state index in [-0.39, 0.29) is 0 Å². The first-order valence-corrected chi connectivity index (χ1v) is 5.43. The van der Waals surface area contributed by atoms with Gasteiger partial charge < -0.3 is 37.2 Å². The lowest BCUT2D eigenvalue weighted by Gasteiger charge is -1.93. The van der Waals surface area contributed by atoms with Crippen LogP contribution in [0.1, 0.15) is 13.3 Å². The van der Waals surface area contributed by atoms with Crippen LogP contribution in [0.2, 0.25) is 0 Å². The van der Waals surface area contributed by atoms with Gasteiger partial charge in [-0.1, -0.05) is 6.92 Å². The van der Waals surface area contributed by atoms with E-state index in [0.717, 1.165) is 6.42 Å². The zero-order valence-corrected chi connectivity index (χ0v) is 9.55. The molecule has 11 heteroatoms. The second kappa shape index (κ2) is 11.7. The molecular formula is C5H17N4O6P. The molecule has 0 bridgehead atoms. The molecule has 0 unspecified atom stereocenters. The molecule has 0 aliphatic rings. The SMILES string of the molecule is CCCNC(N)=O.NC(N)=O.O=P(O)(O)O. The molecule has 10 nitrogen and oxygen atoms in total. The van der Waals surface area contributed by atoms with E-state index in [2.05, 4.69) is 16.8 Å². The Bertz CT molecular complexity index is 229. The molecule has 0 aromatic carbocycles. The van der Waals surface area contributed by atoms with Gasteiger partial charge in [0.15, 0.2) is 0 Å². The van der Waals surface area contributed by atoms with Crippen molar-refractivity contribution < 1.29 is 28.8 Å². The fourth-order valence-corrected chi connectivity index (χ4v) is 0.248. The lowest BCUT2D eigenvalue weighted by molar-refractivity contribution is 0.249. The van der Waals surface area contributed by atoms with Crippen molar-refractivity contribution in [3.8, 4) is 0 Å². The molecule has 0 rings (SSSR count). The predicted molar refractivity (Wildman–Crippen MR) is 55.9 cm³/mol. The van der Waals surface area contributed by atoms with Gasteiger partial charge in [0.2, 0.25) is 0 Å². The summed E-state index contributed by atoms with van der Waals surface area (Å²) < 4.78 is 8.88. The van der Waals surface area contributed by atoms with Crippen LogP contribution in [-0.4, -0.2) is 33.3 Å². The van der Waals surface area contributed by atoms with Gasteiger partial charge in [-0.15, -0.1) is 0 Å². The summed E-state index contributed by atoms with van der Waals surface area (Å²) >= 11 is 0. The topological polar surface area (TPSA) is 202 Å². The molecule has 10 N–H and O–H groups in total. The monoisotopic (exact) mass is 260 g/mol. The summed E-state index contributed by atoms with van der Waals surface area (Å²) in [6, 6.07) is -1.28. The van der Waals surface area contributed by atoms with Crippen LogP contribution in [0.25, 0.3) is 0 Å². The maximum atomic E-state index is 9.87. The molecule has 0 saturated heterocycles. The number of hydrogen-bond acceptors (Lipinski definition) is 3. The van der Waals surface area contributed by atoms with Crippen molar-refractivity contribution in [3.05, 3.63) is 0 Å². The van der Waals surface area contributed by atoms with Crippen LogP contribution in [0.3, 0.4) is 0 Å². The molecule has 4 amide bonds. The second-order valence-corrected chi connectivity index (χ2v) is 3.23. The van der Waals surface area contributed by atoms with Crippen molar-refractivity contribution in [2.45, 2.75) is 13.3 Å². The van der Waals surface area contributed by atoms with E-state index < -0.39 is 19.9 Å². The Morgan fingerprint density at radius 3 is 1.50 bits per heavy atom. The van der Waals surface area contributed by atoms with E-state index in [1.54, 1.807) is 0 Å². The number of primary amides is 3. The second-order valence-electron chi connectivity index (χ2n) is 2.21. The highest BCUT2D eigenvalue weighted by Crippen LogP contribution is 2.25. The van der Waals surface area contributed by atoms with E-state index >= 15 is 0 Å². The van der Waals surface area contributed by atoms with Gasteiger partial charge in [-0.3, -0.25) is 0 Å². The number of carbonyl (C=O) groups is 2. The van der Waals surface area contributed by atoms with E-state index in [0.29, 0.717) is 6.54 Å². The first-order chi connectivity index (χ1) is 7.00. The molecule has 98 valence electrons. The highest BCUT2D eigenvalue weighted by Gasteiger charge is 2.00. The van der Waals surface area contributed by atoms with E-state index in [1.807, 2.05) is 6.92 Å². The minimum absolute atomic E-state index is 0.443. The van der Waals surface area contributed by atoms with Crippen molar-refractivity contribution >= 4 is 19.9 Å². The standard InChI is InChI=1S/C4H10N2O.CH4N2O.H3O4P/c1-2-3-6-4(5)7;2-1(3)4;1-5(2,3)4/h2-3H2,1H3,(H3,5,6,7);(H4,2,3,4);(H3,1,2,3,4). The van der Waals surface area contributed by atoms with E-state index in [1.165, 1.54) is 0 Å². The number of nitrogens with one attached hydrogen (secondary N) is 1. The van der Waals surface area contributed by atoms with Crippen LogP contribution >= 0.6 is 7.82 Å². The number of carbonyl (C=O) groups excluding carboxylic acids is 2. The number of amides is 4. The fourth-order valence-electron chi connectivity index (χ4n) is 0.248. The fraction of sp³-hybridized carbons (Fsp3) is 0.600. The predicted octanol–water partition coefficient (Wildman–Crippen LogP) is -1.84. The van der Waals surface area contributed by atoms with Gasteiger partial charge in [-0.25, -0.2) is 14.2 Å². The Hall–Kier alpha value is -1.35. The van der Waals surface area contributed by atoms with Gasteiger partial charge in [0.25, 0.3) is 0 Å². The summed E-state index contributed by atoms with van der Waals surface area (Å²) in [6.07, 6.45) is 0.933. The Labute approximate surface area is 92.0 Å². The van der Waals surface area contributed by atoms with Crippen LogP contribution in [0, 0.1) is 0 Å².